The lowest BCUT2D eigenvalue weighted by molar-refractivity contribution is -0.143. The number of carbonyl (C=O) groups excluding carboxylic acids is 1. The Morgan fingerprint density at radius 2 is 2.00 bits per heavy atom. The van der Waals surface area contributed by atoms with Crippen LogP contribution in [0.25, 0.3) is 0 Å². The van der Waals surface area contributed by atoms with E-state index in [1.165, 1.54) is 12.1 Å². The van der Waals surface area contributed by atoms with Crippen LogP contribution in [0.1, 0.15) is 31.7 Å². The minimum absolute atomic E-state index is 0.173. The number of hydrogen-bond donors (Lipinski definition) is 2. The number of carboxylic acids is 1. The normalized spacial score (nSPS) is 22.0. The predicted octanol–water partition coefficient (Wildman–Crippen LogP) is 2.29. The van der Waals surface area contributed by atoms with Crippen molar-refractivity contribution < 1.29 is 23.5 Å². The molecule has 1 fully saturated rings. The third kappa shape index (κ3) is 3.20. The van der Waals surface area contributed by atoms with Crippen molar-refractivity contribution in [2.75, 3.05) is 0 Å². The van der Waals surface area contributed by atoms with E-state index in [1.54, 1.807) is 13.8 Å². The molecule has 2 N–H and O–H groups in total. The maximum atomic E-state index is 13.6. The van der Waals surface area contributed by atoms with Crippen molar-refractivity contribution in [1.82, 2.24) is 5.32 Å². The molecule has 0 bridgehead atoms. The molecule has 0 aromatic heterocycles. The van der Waals surface area contributed by atoms with Gasteiger partial charge >= 0.3 is 5.97 Å². The van der Waals surface area contributed by atoms with Crippen LogP contribution in [0.3, 0.4) is 0 Å². The first-order chi connectivity index (χ1) is 9.82. The maximum absolute atomic E-state index is 13.6. The van der Waals surface area contributed by atoms with Crippen molar-refractivity contribution in [2.24, 2.45) is 11.8 Å². The highest BCUT2D eigenvalue weighted by Crippen LogP contribution is 2.48. The van der Waals surface area contributed by atoms with Crippen LogP contribution in [0.4, 0.5) is 8.78 Å². The van der Waals surface area contributed by atoms with Crippen molar-refractivity contribution in [3.8, 4) is 0 Å². The van der Waals surface area contributed by atoms with Crippen LogP contribution in [-0.4, -0.2) is 23.0 Å². The summed E-state index contributed by atoms with van der Waals surface area (Å²) in [6, 6.07) is 2.90. The van der Waals surface area contributed by atoms with Gasteiger partial charge in [0.05, 0.1) is 0 Å². The summed E-state index contributed by atoms with van der Waals surface area (Å²) in [6.07, 6.45) is 0.399. The fraction of sp³-hybridized carbons (Fsp3) is 0.467. The van der Waals surface area contributed by atoms with Crippen molar-refractivity contribution in [1.29, 1.82) is 0 Å². The Balaban J connectivity index is 2.04. The number of nitrogens with one attached hydrogen (secondary N) is 1. The molecule has 1 amide bonds. The molecule has 0 heterocycles. The number of benzene rings is 1. The highest BCUT2D eigenvalue weighted by atomic mass is 19.2. The van der Waals surface area contributed by atoms with Gasteiger partial charge in [-0.3, -0.25) is 4.79 Å². The number of rotatable bonds is 5. The molecular weight excluding hydrogens is 280 g/mol. The number of hydrogen-bond acceptors (Lipinski definition) is 2. The first-order valence-corrected chi connectivity index (χ1v) is 6.80. The Morgan fingerprint density at radius 3 is 2.57 bits per heavy atom. The van der Waals surface area contributed by atoms with Gasteiger partial charge < -0.3 is 10.4 Å². The summed E-state index contributed by atoms with van der Waals surface area (Å²) in [4.78, 5) is 23.1. The molecule has 21 heavy (non-hydrogen) atoms. The minimum atomic E-state index is -1.10. The van der Waals surface area contributed by atoms with Crippen LogP contribution < -0.4 is 5.32 Å². The van der Waals surface area contributed by atoms with Gasteiger partial charge in [0, 0.05) is 5.92 Å². The molecule has 0 aliphatic heterocycles. The van der Waals surface area contributed by atoms with E-state index < -0.39 is 35.5 Å². The first-order valence-electron chi connectivity index (χ1n) is 6.80. The molecular formula is C15H17F2NO3. The summed E-state index contributed by atoms with van der Waals surface area (Å²) in [5.74, 6) is -4.54. The topological polar surface area (TPSA) is 66.4 Å². The quantitative estimate of drug-likeness (QED) is 0.876. The van der Waals surface area contributed by atoms with Gasteiger partial charge in [0.1, 0.15) is 6.04 Å². The van der Waals surface area contributed by atoms with E-state index in [9.17, 15) is 18.4 Å². The second kappa shape index (κ2) is 5.79. The summed E-state index contributed by atoms with van der Waals surface area (Å²) < 4.78 is 26.8. The number of carbonyl (C=O) groups is 2. The van der Waals surface area contributed by atoms with Gasteiger partial charge in [-0.05, 0) is 29.9 Å². The average Bonchev–Trinajstić information content (AvgIpc) is 3.18. The van der Waals surface area contributed by atoms with E-state index in [2.05, 4.69) is 5.32 Å². The Bertz CT molecular complexity index is 574. The molecule has 0 saturated heterocycles. The van der Waals surface area contributed by atoms with E-state index in [0.29, 0.717) is 6.42 Å². The Labute approximate surface area is 121 Å². The van der Waals surface area contributed by atoms with Crippen LogP contribution >= 0.6 is 0 Å². The molecule has 0 spiro atoms. The smallest absolute Gasteiger partial charge is 0.326 e. The van der Waals surface area contributed by atoms with E-state index in [-0.39, 0.29) is 17.4 Å². The molecule has 114 valence electrons. The SMILES string of the molecule is CC(C)[C@@H](NC(=O)C1CC1c1cccc(F)c1F)C(=O)O. The molecule has 1 aromatic carbocycles. The summed E-state index contributed by atoms with van der Waals surface area (Å²) >= 11 is 0. The zero-order valence-corrected chi connectivity index (χ0v) is 11.8. The van der Waals surface area contributed by atoms with Gasteiger partial charge in [0.25, 0.3) is 0 Å². The predicted molar refractivity (Wildman–Crippen MR) is 71.6 cm³/mol. The fourth-order valence-electron chi connectivity index (χ4n) is 2.41. The van der Waals surface area contributed by atoms with Gasteiger partial charge in [-0.1, -0.05) is 26.0 Å². The van der Waals surface area contributed by atoms with Crippen molar-refractivity contribution in [3.05, 3.63) is 35.4 Å². The molecule has 0 radical (unpaired) electrons. The molecule has 2 rings (SSSR count). The van der Waals surface area contributed by atoms with Crippen molar-refractivity contribution in [2.45, 2.75) is 32.2 Å². The largest absolute Gasteiger partial charge is 0.480 e. The van der Waals surface area contributed by atoms with E-state index in [4.69, 9.17) is 5.11 Å². The van der Waals surface area contributed by atoms with E-state index >= 15 is 0 Å². The second-order valence-electron chi connectivity index (χ2n) is 5.66. The monoisotopic (exact) mass is 297 g/mol. The lowest BCUT2D eigenvalue weighted by Gasteiger charge is -2.17. The van der Waals surface area contributed by atoms with Crippen LogP contribution in [0.15, 0.2) is 18.2 Å². The molecule has 4 nitrogen and oxygen atoms in total. The average molecular weight is 297 g/mol. The van der Waals surface area contributed by atoms with Crippen LogP contribution in [0, 0.1) is 23.5 Å². The standard InChI is InChI=1S/C15H17F2NO3/c1-7(2)13(15(20)21)18-14(19)10-6-9(10)8-4-3-5-11(16)12(8)17/h3-5,7,9-10,13H,6H2,1-2H3,(H,18,19)(H,20,21)/t9?,10?,13-/m1/s1. The Morgan fingerprint density at radius 1 is 1.33 bits per heavy atom. The number of halogens is 2. The fourth-order valence-corrected chi connectivity index (χ4v) is 2.41. The zero-order chi connectivity index (χ0) is 15.7. The highest BCUT2D eigenvalue weighted by Gasteiger charge is 2.46. The van der Waals surface area contributed by atoms with Gasteiger partial charge in [-0.2, -0.15) is 0 Å². The summed E-state index contributed by atoms with van der Waals surface area (Å²) in [6.45, 7) is 3.38. The molecule has 1 saturated carbocycles. The number of aliphatic carboxylic acids is 1. The number of carboxylic acid groups (broad SMARTS) is 1. The number of amides is 1. The van der Waals surface area contributed by atoms with Crippen LogP contribution in [0.5, 0.6) is 0 Å². The Kier molecular flexibility index (Phi) is 4.25. The summed E-state index contributed by atoms with van der Waals surface area (Å²) in [5.41, 5.74) is 0.173. The maximum Gasteiger partial charge on any atom is 0.326 e. The molecule has 2 unspecified atom stereocenters. The van der Waals surface area contributed by atoms with Crippen LogP contribution in [0.2, 0.25) is 0 Å². The lowest BCUT2D eigenvalue weighted by atomic mass is 10.0. The molecule has 3 atom stereocenters. The molecule has 1 aliphatic rings. The molecule has 6 heteroatoms. The summed E-state index contributed by atoms with van der Waals surface area (Å²) in [5, 5.41) is 11.5. The molecule has 1 aliphatic carbocycles. The minimum Gasteiger partial charge on any atom is -0.480 e. The second-order valence-corrected chi connectivity index (χ2v) is 5.66. The van der Waals surface area contributed by atoms with Gasteiger partial charge in [-0.25, -0.2) is 13.6 Å². The first kappa shape index (κ1) is 15.4. The van der Waals surface area contributed by atoms with Gasteiger partial charge in [-0.15, -0.1) is 0 Å². The van der Waals surface area contributed by atoms with E-state index in [1.807, 2.05) is 0 Å². The lowest BCUT2D eigenvalue weighted by Crippen LogP contribution is -2.45. The Hall–Kier alpha value is -1.98. The van der Waals surface area contributed by atoms with Crippen LogP contribution in [-0.2, 0) is 9.59 Å². The van der Waals surface area contributed by atoms with Crippen molar-refractivity contribution >= 4 is 11.9 Å². The van der Waals surface area contributed by atoms with Crippen molar-refractivity contribution in [3.63, 3.8) is 0 Å². The van der Waals surface area contributed by atoms with Gasteiger partial charge in [0.2, 0.25) is 5.91 Å². The molecule has 1 aromatic rings. The summed E-state index contributed by atoms with van der Waals surface area (Å²) in [7, 11) is 0. The highest BCUT2D eigenvalue weighted by molar-refractivity contribution is 5.87. The third-order valence-electron chi connectivity index (χ3n) is 3.74. The zero-order valence-electron chi connectivity index (χ0n) is 11.8. The third-order valence-corrected chi connectivity index (χ3v) is 3.74. The van der Waals surface area contributed by atoms with Gasteiger partial charge in [0.15, 0.2) is 11.6 Å². The van der Waals surface area contributed by atoms with E-state index in [0.717, 1.165) is 6.07 Å².